The molecule has 2 rings (SSSR count). The Labute approximate surface area is 105 Å². The molecule has 1 saturated carbocycles. The van der Waals surface area contributed by atoms with Crippen molar-refractivity contribution in [3.05, 3.63) is 29.0 Å². The number of rotatable bonds is 3. The molecule has 0 radical (unpaired) electrons. The van der Waals surface area contributed by atoms with Crippen LogP contribution in [0.1, 0.15) is 32.1 Å². The number of amides is 1. The second-order valence-electron chi connectivity index (χ2n) is 4.53. The van der Waals surface area contributed by atoms with Gasteiger partial charge < -0.3 is 5.32 Å². The Morgan fingerprint density at radius 3 is 2.76 bits per heavy atom. The van der Waals surface area contributed by atoms with E-state index in [0.29, 0.717) is 18.0 Å². The topological polar surface area (TPSA) is 29.1 Å². The van der Waals surface area contributed by atoms with Gasteiger partial charge in [-0.05, 0) is 37.0 Å². The molecular formula is C13H15ClFNO. The van der Waals surface area contributed by atoms with E-state index < -0.39 is 5.82 Å². The SMILES string of the molecule is O=C(CC1CCCC1)Nc1ccc(F)cc1Cl. The normalized spacial score (nSPS) is 16.1. The molecule has 17 heavy (non-hydrogen) atoms. The van der Waals surface area contributed by atoms with Gasteiger partial charge in [0, 0.05) is 6.42 Å². The summed E-state index contributed by atoms with van der Waals surface area (Å²) < 4.78 is 12.8. The first kappa shape index (κ1) is 12.4. The average Bonchev–Trinajstić information content (AvgIpc) is 2.75. The first-order valence-electron chi connectivity index (χ1n) is 5.90. The van der Waals surface area contributed by atoms with Gasteiger partial charge in [-0.25, -0.2) is 4.39 Å². The van der Waals surface area contributed by atoms with E-state index in [1.165, 1.54) is 31.0 Å². The van der Waals surface area contributed by atoms with Crippen molar-refractivity contribution in [2.75, 3.05) is 5.32 Å². The fourth-order valence-corrected chi connectivity index (χ4v) is 2.48. The van der Waals surface area contributed by atoms with Crippen molar-refractivity contribution in [2.45, 2.75) is 32.1 Å². The third-order valence-corrected chi connectivity index (χ3v) is 3.47. The molecule has 4 heteroatoms. The summed E-state index contributed by atoms with van der Waals surface area (Å²) in [5, 5.41) is 2.97. The Morgan fingerprint density at radius 1 is 1.41 bits per heavy atom. The van der Waals surface area contributed by atoms with Crippen LogP contribution in [0.15, 0.2) is 18.2 Å². The van der Waals surface area contributed by atoms with Crippen LogP contribution < -0.4 is 5.32 Å². The Morgan fingerprint density at radius 2 is 2.12 bits per heavy atom. The predicted molar refractivity (Wildman–Crippen MR) is 66.6 cm³/mol. The summed E-state index contributed by atoms with van der Waals surface area (Å²) >= 11 is 5.84. The first-order chi connectivity index (χ1) is 8.15. The van der Waals surface area contributed by atoms with Crippen LogP contribution in [0.3, 0.4) is 0 Å². The van der Waals surface area contributed by atoms with Crippen LogP contribution in [-0.2, 0) is 4.79 Å². The van der Waals surface area contributed by atoms with Gasteiger partial charge in [0.15, 0.2) is 0 Å². The zero-order valence-corrected chi connectivity index (χ0v) is 10.3. The number of hydrogen-bond donors (Lipinski definition) is 1. The number of carbonyl (C=O) groups excluding carboxylic acids is 1. The van der Waals surface area contributed by atoms with E-state index in [1.54, 1.807) is 0 Å². The van der Waals surface area contributed by atoms with Gasteiger partial charge in [0.1, 0.15) is 5.82 Å². The quantitative estimate of drug-likeness (QED) is 0.869. The van der Waals surface area contributed by atoms with Crippen LogP contribution >= 0.6 is 11.6 Å². The molecule has 0 bridgehead atoms. The second kappa shape index (κ2) is 5.50. The van der Waals surface area contributed by atoms with Crippen molar-refractivity contribution in [1.29, 1.82) is 0 Å². The maximum Gasteiger partial charge on any atom is 0.224 e. The number of benzene rings is 1. The molecular weight excluding hydrogens is 241 g/mol. The zero-order valence-electron chi connectivity index (χ0n) is 9.51. The van der Waals surface area contributed by atoms with Gasteiger partial charge in [-0.2, -0.15) is 0 Å². The molecule has 1 aliphatic rings. The molecule has 1 aliphatic carbocycles. The Balaban J connectivity index is 1.93. The molecule has 0 heterocycles. The third kappa shape index (κ3) is 3.43. The van der Waals surface area contributed by atoms with Gasteiger partial charge in [-0.15, -0.1) is 0 Å². The molecule has 0 spiro atoms. The number of hydrogen-bond acceptors (Lipinski definition) is 1. The predicted octanol–water partition coefficient (Wildman–Crippen LogP) is 4.00. The van der Waals surface area contributed by atoms with Crippen LogP contribution in [0.5, 0.6) is 0 Å². The van der Waals surface area contributed by atoms with Gasteiger partial charge in [0.2, 0.25) is 5.91 Å². The molecule has 0 saturated heterocycles. The summed E-state index contributed by atoms with van der Waals surface area (Å²) in [6.07, 6.45) is 5.23. The van der Waals surface area contributed by atoms with Crippen LogP contribution in [0.25, 0.3) is 0 Å². The van der Waals surface area contributed by atoms with Gasteiger partial charge in [0.05, 0.1) is 10.7 Å². The Kier molecular flexibility index (Phi) is 4.00. The van der Waals surface area contributed by atoms with Gasteiger partial charge >= 0.3 is 0 Å². The van der Waals surface area contributed by atoms with Gasteiger partial charge in [0.25, 0.3) is 0 Å². The van der Waals surface area contributed by atoms with Crippen molar-refractivity contribution in [3.8, 4) is 0 Å². The molecule has 1 N–H and O–H groups in total. The molecule has 1 amide bonds. The molecule has 0 aliphatic heterocycles. The third-order valence-electron chi connectivity index (χ3n) is 3.15. The molecule has 2 nitrogen and oxygen atoms in total. The molecule has 0 aromatic heterocycles. The summed E-state index contributed by atoms with van der Waals surface area (Å²) in [4.78, 5) is 11.7. The highest BCUT2D eigenvalue weighted by Crippen LogP contribution is 2.28. The van der Waals surface area contributed by atoms with Crippen molar-refractivity contribution < 1.29 is 9.18 Å². The van der Waals surface area contributed by atoms with E-state index in [-0.39, 0.29) is 10.9 Å². The highest BCUT2D eigenvalue weighted by Gasteiger charge is 2.18. The Bertz CT molecular complexity index is 416. The molecule has 1 aromatic rings. The largest absolute Gasteiger partial charge is 0.325 e. The lowest BCUT2D eigenvalue weighted by molar-refractivity contribution is -0.117. The lowest BCUT2D eigenvalue weighted by atomic mass is 10.0. The Hall–Kier alpha value is -1.09. The minimum Gasteiger partial charge on any atom is -0.325 e. The van der Waals surface area contributed by atoms with Crippen LogP contribution in [0.2, 0.25) is 5.02 Å². The maximum absolute atomic E-state index is 12.8. The second-order valence-corrected chi connectivity index (χ2v) is 4.93. The highest BCUT2D eigenvalue weighted by molar-refractivity contribution is 6.33. The van der Waals surface area contributed by atoms with Crippen LogP contribution in [0, 0.1) is 11.7 Å². The smallest absolute Gasteiger partial charge is 0.224 e. The number of nitrogens with one attached hydrogen (secondary N) is 1. The summed E-state index contributed by atoms with van der Waals surface area (Å²) in [6, 6.07) is 3.98. The zero-order chi connectivity index (χ0) is 12.3. The molecule has 92 valence electrons. The maximum atomic E-state index is 12.8. The minimum atomic E-state index is -0.399. The average molecular weight is 256 g/mol. The van der Waals surface area contributed by atoms with Crippen molar-refractivity contribution in [2.24, 2.45) is 5.92 Å². The van der Waals surface area contributed by atoms with Crippen LogP contribution in [-0.4, -0.2) is 5.91 Å². The lowest BCUT2D eigenvalue weighted by Gasteiger charge is -2.10. The molecule has 1 fully saturated rings. The fourth-order valence-electron chi connectivity index (χ4n) is 2.27. The molecule has 0 unspecified atom stereocenters. The summed E-state index contributed by atoms with van der Waals surface area (Å²) in [5.74, 6) is 0.0587. The minimum absolute atomic E-state index is 0.0367. The highest BCUT2D eigenvalue weighted by atomic mass is 35.5. The summed E-state index contributed by atoms with van der Waals surface area (Å²) in [5.41, 5.74) is 0.482. The molecule has 0 atom stereocenters. The lowest BCUT2D eigenvalue weighted by Crippen LogP contribution is -2.15. The van der Waals surface area contributed by atoms with E-state index >= 15 is 0 Å². The van der Waals surface area contributed by atoms with E-state index in [9.17, 15) is 9.18 Å². The standard InChI is InChI=1S/C13H15ClFNO/c14-11-8-10(15)5-6-12(11)16-13(17)7-9-3-1-2-4-9/h5-6,8-9H,1-4,7H2,(H,16,17). The van der Waals surface area contributed by atoms with E-state index in [0.717, 1.165) is 12.8 Å². The fraction of sp³-hybridized carbons (Fsp3) is 0.462. The number of anilines is 1. The van der Waals surface area contributed by atoms with Gasteiger partial charge in [-0.3, -0.25) is 4.79 Å². The van der Waals surface area contributed by atoms with Crippen molar-refractivity contribution in [3.63, 3.8) is 0 Å². The summed E-state index contributed by atoms with van der Waals surface area (Å²) in [6.45, 7) is 0. The monoisotopic (exact) mass is 255 g/mol. The van der Waals surface area contributed by atoms with Crippen molar-refractivity contribution in [1.82, 2.24) is 0 Å². The van der Waals surface area contributed by atoms with E-state index in [1.807, 2.05) is 0 Å². The van der Waals surface area contributed by atoms with Gasteiger partial charge in [-0.1, -0.05) is 24.4 Å². The van der Waals surface area contributed by atoms with Crippen LogP contribution in [0.4, 0.5) is 10.1 Å². The van der Waals surface area contributed by atoms with Crippen molar-refractivity contribution >= 4 is 23.2 Å². The van der Waals surface area contributed by atoms with E-state index in [2.05, 4.69) is 5.32 Å². The van der Waals surface area contributed by atoms with E-state index in [4.69, 9.17) is 11.6 Å². The molecule has 1 aromatic carbocycles. The first-order valence-corrected chi connectivity index (χ1v) is 6.28. The number of carbonyl (C=O) groups is 1. The summed E-state index contributed by atoms with van der Waals surface area (Å²) in [7, 11) is 0. The number of halogens is 2.